The van der Waals surface area contributed by atoms with Crippen LogP contribution >= 0.6 is 0 Å². The monoisotopic (exact) mass is 229 g/mol. The minimum atomic E-state index is -0.741. The van der Waals surface area contributed by atoms with Gasteiger partial charge in [-0.2, -0.15) is 0 Å². The molecule has 0 aromatic heterocycles. The molecule has 0 fully saturated rings. The first kappa shape index (κ1) is 15.4. The Morgan fingerprint density at radius 2 is 2.06 bits per heavy atom. The van der Waals surface area contributed by atoms with E-state index in [2.05, 4.69) is 31.1 Å². The molecule has 0 rings (SSSR count). The van der Waals surface area contributed by atoms with E-state index < -0.39 is 5.54 Å². The first-order valence-corrected chi connectivity index (χ1v) is 6.12. The average molecular weight is 229 g/mol. The van der Waals surface area contributed by atoms with Crippen molar-refractivity contribution in [2.75, 3.05) is 20.1 Å². The molecule has 0 spiro atoms. The number of nitrogens with two attached hydrogens (primary N) is 1. The van der Waals surface area contributed by atoms with E-state index in [9.17, 15) is 4.79 Å². The van der Waals surface area contributed by atoms with Gasteiger partial charge in [-0.15, -0.1) is 0 Å². The molecule has 1 amide bonds. The molecule has 0 aromatic carbocycles. The summed E-state index contributed by atoms with van der Waals surface area (Å²) in [7, 11) is 2.07. The van der Waals surface area contributed by atoms with Gasteiger partial charge < -0.3 is 16.0 Å². The average Bonchev–Trinajstić information content (AvgIpc) is 2.27. The molecule has 0 saturated carbocycles. The number of hydrogen-bond acceptors (Lipinski definition) is 3. The van der Waals surface area contributed by atoms with E-state index in [1.807, 2.05) is 6.92 Å². The van der Waals surface area contributed by atoms with Crippen LogP contribution in [-0.2, 0) is 4.79 Å². The van der Waals surface area contributed by atoms with Crippen LogP contribution in [0.2, 0.25) is 0 Å². The fraction of sp³-hybridized carbons (Fsp3) is 0.917. The second-order valence-electron chi connectivity index (χ2n) is 4.76. The van der Waals surface area contributed by atoms with E-state index in [0.717, 1.165) is 13.0 Å². The SMILES string of the molecule is CCC(C)N(C)CCNC(=O)C(C)(N)CC. The summed E-state index contributed by atoms with van der Waals surface area (Å²) in [4.78, 5) is 13.9. The summed E-state index contributed by atoms with van der Waals surface area (Å²) >= 11 is 0. The van der Waals surface area contributed by atoms with Gasteiger partial charge >= 0.3 is 0 Å². The highest BCUT2D eigenvalue weighted by atomic mass is 16.2. The molecule has 2 atom stereocenters. The van der Waals surface area contributed by atoms with Crippen LogP contribution in [0.3, 0.4) is 0 Å². The maximum absolute atomic E-state index is 11.7. The maximum atomic E-state index is 11.7. The lowest BCUT2D eigenvalue weighted by Gasteiger charge is -2.25. The van der Waals surface area contributed by atoms with Crippen molar-refractivity contribution in [3.05, 3.63) is 0 Å². The molecule has 0 heterocycles. The highest BCUT2D eigenvalue weighted by molar-refractivity contribution is 5.85. The van der Waals surface area contributed by atoms with Gasteiger partial charge in [-0.05, 0) is 33.7 Å². The van der Waals surface area contributed by atoms with E-state index >= 15 is 0 Å². The highest BCUT2D eigenvalue weighted by Crippen LogP contribution is 2.04. The molecule has 0 radical (unpaired) electrons. The van der Waals surface area contributed by atoms with E-state index in [1.165, 1.54) is 0 Å². The normalized spacial score (nSPS) is 16.9. The lowest BCUT2D eigenvalue weighted by molar-refractivity contribution is -0.125. The zero-order valence-electron chi connectivity index (χ0n) is 11.3. The molecule has 0 aromatic rings. The first-order chi connectivity index (χ1) is 7.35. The molecule has 4 heteroatoms. The van der Waals surface area contributed by atoms with Crippen LogP contribution in [0.15, 0.2) is 0 Å². The molecule has 96 valence electrons. The Bertz CT molecular complexity index is 216. The smallest absolute Gasteiger partial charge is 0.239 e. The second kappa shape index (κ2) is 6.86. The summed E-state index contributed by atoms with van der Waals surface area (Å²) in [5.74, 6) is -0.0625. The van der Waals surface area contributed by atoms with Crippen LogP contribution in [0.4, 0.5) is 0 Å². The number of carbonyl (C=O) groups is 1. The van der Waals surface area contributed by atoms with Crippen LogP contribution in [-0.4, -0.2) is 42.5 Å². The first-order valence-electron chi connectivity index (χ1n) is 6.12. The van der Waals surface area contributed by atoms with Gasteiger partial charge in [-0.3, -0.25) is 4.79 Å². The topological polar surface area (TPSA) is 58.4 Å². The van der Waals surface area contributed by atoms with Crippen molar-refractivity contribution < 1.29 is 4.79 Å². The Balaban J connectivity index is 3.87. The molecule has 0 aliphatic heterocycles. The molecule has 0 saturated heterocycles. The summed E-state index contributed by atoms with van der Waals surface area (Å²) in [6.45, 7) is 9.55. The van der Waals surface area contributed by atoms with Crippen molar-refractivity contribution in [2.24, 2.45) is 5.73 Å². The van der Waals surface area contributed by atoms with E-state index in [0.29, 0.717) is 19.0 Å². The molecule has 3 N–H and O–H groups in total. The Kier molecular flexibility index (Phi) is 6.60. The number of carbonyl (C=O) groups excluding carboxylic acids is 1. The van der Waals surface area contributed by atoms with Gasteiger partial charge in [0.05, 0.1) is 5.54 Å². The lowest BCUT2D eigenvalue weighted by atomic mass is 10.00. The number of amides is 1. The van der Waals surface area contributed by atoms with E-state index in [1.54, 1.807) is 6.92 Å². The zero-order valence-corrected chi connectivity index (χ0v) is 11.3. The quantitative estimate of drug-likeness (QED) is 0.683. The van der Waals surface area contributed by atoms with Crippen LogP contribution in [0.1, 0.15) is 40.5 Å². The van der Waals surface area contributed by atoms with Gasteiger partial charge in [0.2, 0.25) is 5.91 Å². The summed E-state index contributed by atoms with van der Waals surface area (Å²) < 4.78 is 0. The molecule has 0 aliphatic rings. The Labute approximate surface area is 99.6 Å². The van der Waals surface area contributed by atoms with Crippen molar-refractivity contribution in [1.29, 1.82) is 0 Å². The number of rotatable bonds is 7. The van der Waals surface area contributed by atoms with Crippen LogP contribution in [0.5, 0.6) is 0 Å². The van der Waals surface area contributed by atoms with Gasteiger partial charge in [0.15, 0.2) is 0 Å². The number of nitrogens with one attached hydrogen (secondary N) is 1. The Morgan fingerprint density at radius 1 is 1.50 bits per heavy atom. The largest absolute Gasteiger partial charge is 0.353 e. The van der Waals surface area contributed by atoms with Gasteiger partial charge in [-0.1, -0.05) is 13.8 Å². The van der Waals surface area contributed by atoms with Crippen molar-refractivity contribution in [3.63, 3.8) is 0 Å². The zero-order chi connectivity index (χ0) is 12.8. The lowest BCUT2D eigenvalue weighted by Crippen LogP contribution is -2.52. The van der Waals surface area contributed by atoms with E-state index in [-0.39, 0.29) is 5.91 Å². The van der Waals surface area contributed by atoms with Gasteiger partial charge in [0.25, 0.3) is 0 Å². The van der Waals surface area contributed by atoms with Crippen LogP contribution in [0.25, 0.3) is 0 Å². The summed E-state index contributed by atoms with van der Waals surface area (Å²) in [5, 5.41) is 2.88. The molecular formula is C12H27N3O. The predicted octanol–water partition coefficient (Wildman–Crippen LogP) is 0.960. The minimum absolute atomic E-state index is 0.0625. The predicted molar refractivity (Wildman–Crippen MR) is 68.3 cm³/mol. The van der Waals surface area contributed by atoms with Crippen LogP contribution < -0.4 is 11.1 Å². The molecule has 0 bridgehead atoms. The third-order valence-corrected chi connectivity index (χ3v) is 3.35. The van der Waals surface area contributed by atoms with Gasteiger partial charge in [0, 0.05) is 19.1 Å². The third kappa shape index (κ3) is 4.94. The number of likely N-dealkylation sites (N-methyl/N-ethyl adjacent to an activating group) is 1. The van der Waals surface area contributed by atoms with Crippen molar-refractivity contribution >= 4 is 5.91 Å². The minimum Gasteiger partial charge on any atom is -0.353 e. The summed E-state index contributed by atoms with van der Waals surface area (Å²) in [5.41, 5.74) is 5.10. The molecule has 16 heavy (non-hydrogen) atoms. The molecule has 0 aliphatic carbocycles. The Hall–Kier alpha value is -0.610. The standard InChI is InChI=1S/C12H27N3O/c1-6-10(3)15(5)9-8-14-11(16)12(4,13)7-2/h10H,6-9,13H2,1-5H3,(H,14,16). The number of nitrogens with zero attached hydrogens (tertiary/aromatic N) is 1. The fourth-order valence-corrected chi connectivity index (χ4v) is 1.24. The molecule has 2 unspecified atom stereocenters. The second-order valence-corrected chi connectivity index (χ2v) is 4.76. The van der Waals surface area contributed by atoms with Gasteiger partial charge in [0.1, 0.15) is 0 Å². The van der Waals surface area contributed by atoms with Gasteiger partial charge in [-0.25, -0.2) is 0 Å². The number of hydrogen-bond donors (Lipinski definition) is 2. The van der Waals surface area contributed by atoms with Crippen molar-refractivity contribution in [1.82, 2.24) is 10.2 Å². The highest BCUT2D eigenvalue weighted by Gasteiger charge is 2.25. The summed E-state index contributed by atoms with van der Waals surface area (Å²) in [6.07, 6.45) is 1.77. The van der Waals surface area contributed by atoms with Crippen LogP contribution in [0, 0.1) is 0 Å². The fourth-order valence-electron chi connectivity index (χ4n) is 1.24. The van der Waals surface area contributed by atoms with E-state index in [4.69, 9.17) is 5.73 Å². The third-order valence-electron chi connectivity index (χ3n) is 3.35. The molecular weight excluding hydrogens is 202 g/mol. The Morgan fingerprint density at radius 3 is 2.50 bits per heavy atom. The van der Waals surface area contributed by atoms with Crippen molar-refractivity contribution in [2.45, 2.75) is 52.1 Å². The maximum Gasteiger partial charge on any atom is 0.239 e. The summed E-state index contributed by atoms with van der Waals surface area (Å²) in [6, 6.07) is 0.548. The molecule has 4 nitrogen and oxygen atoms in total. The van der Waals surface area contributed by atoms with Crippen molar-refractivity contribution in [3.8, 4) is 0 Å².